The first kappa shape index (κ1) is 16.6. The highest BCUT2D eigenvalue weighted by Crippen LogP contribution is 2.21. The van der Waals surface area contributed by atoms with Crippen LogP contribution < -0.4 is 0 Å². The van der Waals surface area contributed by atoms with Crippen LogP contribution in [0.15, 0.2) is 36.4 Å². The molecule has 5 nitrogen and oxygen atoms in total. The van der Waals surface area contributed by atoms with E-state index in [4.69, 9.17) is 5.11 Å². The number of carboxylic acids is 1. The Bertz CT molecular complexity index is 671. The molecule has 1 aliphatic heterocycles. The third-order valence-corrected chi connectivity index (χ3v) is 5.15. The molecule has 0 saturated carbocycles. The SMILES string of the molecule is O=C(O)C1C=CCN(S(=O)(=O)Cc2ccc(C(F)F)cc2)C1. The molecule has 2 rings (SSSR count). The van der Waals surface area contributed by atoms with E-state index in [9.17, 15) is 22.0 Å². The summed E-state index contributed by atoms with van der Waals surface area (Å²) in [5.41, 5.74) is 0.207. The zero-order valence-electron chi connectivity index (χ0n) is 11.5. The maximum absolute atomic E-state index is 12.5. The number of carboxylic acid groups (broad SMARTS) is 1. The minimum atomic E-state index is -3.70. The van der Waals surface area contributed by atoms with Crippen LogP contribution in [0.5, 0.6) is 0 Å². The second kappa shape index (κ2) is 6.53. The van der Waals surface area contributed by atoms with Crippen LogP contribution in [0.1, 0.15) is 17.6 Å². The maximum atomic E-state index is 12.5. The average molecular weight is 331 g/mol. The predicted molar refractivity (Wildman–Crippen MR) is 75.9 cm³/mol. The maximum Gasteiger partial charge on any atom is 0.311 e. The lowest BCUT2D eigenvalue weighted by Gasteiger charge is -2.26. The molecule has 1 unspecified atom stereocenters. The van der Waals surface area contributed by atoms with E-state index in [1.807, 2.05) is 0 Å². The third kappa shape index (κ3) is 3.89. The van der Waals surface area contributed by atoms with E-state index in [1.165, 1.54) is 36.4 Å². The fraction of sp³-hybridized carbons (Fsp3) is 0.357. The van der Waals surface area contributed by atoms with Crippen LogP contribution in [-0.2, 0) is 20.6 Å². The zero-order chi connectivity index (χ0) is 16.3. The summed E-state index contributed by atoms with van der Waals surface area (Å²) in [6.45, 7) is -0.00941. The van der Waals surface area contributed by atoms with Crippen molar-refractivity contribution in [2.45, 2.75) is 12.2 Å². The normalized spacial score (nSPS) is 19.5. The summed E-state index contributed by atoms with van der Waals surface area (Å²) in [5, 5.41) is 8.95. The van der Waals surface area contributed by atoms with Gasteiger partial charge in [0, 0.05) is 18.7 Å². The molecular formula is C14H15F2NO4S. The number of hydrogen-bond donors (Lipinski definition) is 1. The number of nitrogens with zero attached hydrogens (tertiary/aromatic N) is 1. The second-order valence-corrected chi connectivity index (χ2v) is 6.96. The highest BCUT2D eigenvalue weighted by Gasteiger charge is 2.29. The predicted octanol–water partition coefficient (Wildman–Crippen LogP) is 2.03. The Balaban J connectivity index is 2.11. The quantitative estimate of drug-likeness (QED) is 0.838. The van der Waals surface area contributed by atoms with Gasteiger partial charge in [0.15, 0.2) is 0 Å². The topological polar surface area (TPSA) is 74.7 Å². The molecule has 0 bridgehead atoms. The standard InChI is InChI=1S/C14H15F2NO4S/c15-13(16)11-5-3-10(4-6-11)9-22(20,21)17-7-1-2-12(8-17)14(18)19/h1-6,12-13H,7-9H2,(H,18,19). The van der Waals surface area contributed by atoms with Crippen LogP contribution in [0.2, 0.25) is 0 Å². The Hall–Kier alpha value is -1.80. The van der Waals surface area contributed by atoms with Crippen molar-refractivity contribution in [1.82, 2.24) is 4.31 Å². The minimum absolute atomic E-state index is 0.112. The summed E-state index contributed by atoms with van der Waals surface area (Å²) in [5.74, 6) is -2.31. The van der Waals surface area contributed by atoms with Gasteiger partial charge in [-0.25, -0.2) is 17.2 Å². The number of benzene rings is 1. The minimum Gasteiger partial charge on any atom is -0.481 e. The van der Waals surface area contributed by atoms with Gasteiger partial charge in [0.25, 0.3) is 6.43 Å². The van der Waals surface area contributed by atoms with Crippen LogP contribution >= 0.6 is 0 Å². The Morgan fingerprint density at radius 3 is 2.50 bits per heavy atom. The largest absolute Gasteiger partial charge is 0.481 e. The van der Waals surface area contributed by atoms with Crippen LogP contribution in [0, 0.1) is 5.92 Å². The third-order valence-electron chi connectivity index (χ3n) is 3.37. The van der Waals surface area contributed by atoms with Crippen molar-refractivity contribution in [3.05, 3.63) is 47.5 Å². The fourth-order valence-corrected chi connectivity index (χ4v) is 3.64. The molecular weight excluding hydrogens is 316 g/mol. The van der Waals surface area contributed by atoms with Gasteiger partial charge >= 0.3 is 5.97 Å². The van der Waals surface area contributed by atoms with Gasteiger partial charge in [0.1, 0.15) is 0 Å². The van der Waals surface area contributed by atoms with Gasteiger partial charge < -0.3 is 5.11 Å². The van der Waals surface area contributed by atoms with Crippen molar-refractivity contribution in [1.29, 1.82) is 0 Å². The average Bonchev–Trinajstić information content (AvgIpc) is 2.47. The van der Waals surface area contributed by atoms with E-state index in [2.05, 4.69) is 0 Å². The van der Waals surface area contributed by atoms with Crippen molar-refractivity contribution in [3.8, 4) is 0 Å². The van der Waals surface area contributed by atoms with Gasteiger partial charge in [-0.05, 0) is 5.56 Å². The Labute approximate surface area is 126 Å². The molecule has 1 N–H and O–H groups in total. The summed E-state index contributed by atoms with van der Waals surface area (Å²) in [6.07, 6.45) is 0.361. The Morgan fingerprint density at radius 1 is 1.32 bits per heavy atom. The van der Waals surface area contributed by atoms with E-state index in [0.29, 0.717) is 5.56 Å². The number of aliphatic carboxylic acids is 1. The smallest absolute Gasteiger partial charge is 0.311 e. The fourth-order valence-electron chi connectivity index (χ4n) is 2.15. The van der Waals surface area contributed by atoms with Gasteiger partial charge in [-0.1, -0.05) is 36.4 Å². The molecule has 120 valence electrons. The molecule has 0 saturated heterocycles. The first-order valence-corrected chi connectivity index (χ1v) is 8.15. The Kier molecular flexibility index (Phi) is 4.92. The highest BCUT2D eigenvalue weighted by atomic mass is 32.2. The van der Waals surface area contributed by atoms with Crippen LogP contribution in [0.25, 0.3) is 0 Å². The van der Waals surface area contributed by atoms with Crippen LogP contribution in [0.3, 0.4) is 0 Å². The zero-order valence-corrected chi connectivity index (χ0v) is 12.3. The molecule has 0 spiro atoms. The summed E-state index contributed by atoms with van der Waals surface area (Å²) >= 11 is 0. The molecule has 0 fully saturated rings. The van der Waals surface area contributed by atoms with Crippen molar-refractivity contribution >= 4 is 16.0 Å². The van der Waals surface area contributed by atoms with E-state index in [1.54, 1.807) is 0 Å². The number of rotatable bonds is 5. The molecule has 0 radical (unpaired) electrons. The van der Waals surface area contributed by atoms with Gasteiger partial charge in [-0.2, -0.15) is 4.31 Å². The molecule has 1 aromatic carbocycles. The lowest BCUT2D eigenvalue weighted by molar-refractivity contribution is -0.140. The Morgan fingerprint density at radius 2 is 1.95 bits per heavy atom. The number of alkyl halides is 2. The number of carbonyl (C=O) groups is 1. The number of sulfonamides is 1. The molecule has 8 heteroatoms. The molecule has 1 heterocycles. The lowest BCUT2D eigenvalue weighted by atomic mass is 10.1. The van der Waals surface area contributed by atoms with Gasteiger partial charge in [0.2, 0.25) is 10.0 Å². The lowest BCUT2D eigenvalue weighted by Crippen LogP contribution is -2.40. The van der Waals surface area contributed by atoms with E-state index in [0.717, 1.165) is 4.31 Å². The summed E-state index contributed by atoms with van der Waals surface area (Å²) in [4.78, 5) is 10.9. The van der Waals surface area contributed by atoms with Gasteiger partial charge in [-0.15, -0.1) is 0 Å². The van der Waals surface area contributed by atoms with Gasteiger partial charge in [-0.3, -0.25) is 4.79 Å². The van der Waals surface area contributed by atoms with Gasteiger partial charge in [0.05, 0.1) is 11.7 Å². The summed E-state index contributed by atoms with van der Waals surface area (Å²) in [6, 6.07) is 5.05. The monoisotopic (exact) mass is 331 g/mol. The van der Waals surface area contributed by atoms with Crippen molar-refractivity contribution in [2.24, 2.45) is 5.92 Å². The van der Waals surface area contributed by atoms with Crippen molar-refractivity contribution < 1.29 is 27.1 Å². The second-order valence-electron chi connectivity index (χ2n) is 4.99. The van der Waals surface area contributed by atoms with Crippen LogP contribution in [0.4, 0.5) is 8.78 Å². The van der Waals surface area contributed by atoms with Crippen molar-refractivity contribution in [3.63, 3.8) is 0 Å². The van der Waals surface area contributed by atoms with Crippen molar-refractivity contribution in [2.75, 3.05) is 13.1 Å². The summed E-state index contributed by atoms with van der Waals surface area (Å²) in [7, 11) is -3.70. The molecule has 1 aromatic rings. The first-order valence-electron chi connectivity index (χ1n) is 6.54. The summed E-state index contributed by atoms with van der Waals surface area (Å²) < 4.78 is 50.6. The first-order chi connectivity index (χ1) is 10.3. The molecule has 0 amide bonds. The van der Waals surface area contributed by atoms with E-state index < -0.39 is 28.3 Å². The molecule has 0 aromatic heterocycles. The molecule has 1 atom stereocenters. The van der Waals surface area contributed by atoms with E-state index >= 15 is 0 Å². The highest BCUT2D eigenvalue weighted by molar-refractivity contribution is 7.88. The number of hydrogen-bond acceptors (Lipinski definition) is 3. The molecule has 0 aliphatic carbocycles. The molecule has 22 heavy (non-hydrogen) atoms. The molecule has 1 aliphatic rings. The number of halogens is 2. The van der Waals surface area contributed by atoms with Crippen LogP contribution in [-0.4, -0.2) is 36.9 Å². The van der Waals surface area contributed by atoms with E-state index in [-0.39, 0.29) is 24.4 Å².